The molecule has 0 spiro atoms. The van der Waals surface area contributed by atoms with Gasteiger partial charge in [0, 0.05) is 11.1 Å². The molecule has 0 unspecified atom stereocenters. The minimum Gasteiger partial charge on any atom is -0.355 e. The predicted molar refractivity (Wildman–Crippen MR) is 108 cm³/mol. The van der Waals surface area contributed by atoms with Crippen LogP contribution in [0, 0.1) is 33.9 Å². The van der Waals surface area contributed by atoms with E-state index >= 15 is 0 Å². The van der Waals surface area contributed by atoms with Gasteiger partial charge in [-0.2, -0.15) is 18.4 Å². The molecule has 0 aliphatic heterocycles. The Morgan fingerprint density at radius 3 is 2.50 bits per heavy atom. The highest BCUT2D eigenvalue weighted by Gasteiger charge is 2.54. The van der Waals surface area contributed by atoms with E-state index in [0.717, 1.165) is 11.1 Å². The van der Waals surface area contributed by atoms with Gasteiger partial charge in [0.25, 0.3) is 0 Å². The number of nitrogens with zero attached hydrogens (tertiary/aromatic N) is 1. The highest BCUT2D eigenvalue weighted by molar-refractivity contribution is 5.59. The zero-order valence-corrected chi connectivity index (χ0v) is 17.0. The van der Waals surface area contributed by atoms with Crippen molar-refractivity contribution in [2.24, 2.45) is 16.7 Å². The number of benzene rings is 1. The number of anilines is 1. The van der Waals surface area contributed by atoms with Gasteiger partial charge in [0.15, 0.2) is 0 Å². The number of nitrogens with one attached hydrogen (secondary N) is 1. The molecule has 4 rings (SSSR count). The number of hydrogen-bond donors (Lipinski definition) is 1. The van der Waals surface area contributed by atoms with Crippen LogP contribution in [0.25, 0.3) is 0 Å². The molecular formula is C24H24F4N2. The molecule has 1 N–H and O–H groups in total. The maximum absolute atomic E-state index is 13.4. The Labute approximate surface area is 174 Å². The number of alkyl halides is 3. The summed E-state index contributed by atoms with van der Waals surface area (Å²) in [4.78, 5) is 0. The normalized spacial score (nSPS) is 31.2. The second-order valence-electron chi connectivity index (χ2n) is 9.17. The van der Waals surface area contributed by atoms with Crippen LogP contribution in [-0.4, -0.2) is 6.18 Å². The van der Waals surface area contributed by atoms with E-state index in [-0.39, 0.29) is 18.7 Å². The topological polar surface area (TPSA) is 35.8 Å². The third-order valence-corrected chi connectivity index (χ3v) is 7.10. The third-order valence-electron chi connectivity index (χ3n) is 7.10. The summed E-state index contributed by atoms with van der Waals surface area (Å²) < 4.78 is 53.3. The smallest absolute Gasteiger partial charge is 0.355 e. The molecule has 3 aliphatic carbocycles. The van der Waals surface area contributed by atoms with Crippen LogP contribution in [0.2, 0.25) is 0 Å². The van der Waals surface area contributed by atoms with Gasteiger partial charge in [0.05, 0.1) is 23.3 Å². The third kappa shape index (κ3) is 3.45. The van der Waals surface area contributed by atoms with Crippen molar-refractivity contribution in [2.45, 2.75) is 52.1 Å². The van der Waals surface area contributed by atoms with Crippen LogP contribution in [-0.2, 0) is 0 Å². The molecule has 3 atom stereocenters. The zero-order valence-electron chi connectivity index (χ0n) is 17.0. The molecule has 0 saturated heterocycles. The predicted octanol–water partition coefficient (Wildman–Crippen LogP) is 7.05. The van der Waals surface area contributed by atoms with E-state index in [4.69, 9.17) is 0 Å². The summed E-state index contributed by atoms with van der Waals surface area (Å²) in [6.45, 7) is 4.00. The molecule has 3 aliphatic rings. The van der Waals surface area contributed by atoms with Crippen LogP contribution < -0.4 is 5.32 Å². The summed E-state index contributed by atoms with van der Waals surface area (Å²) in [5, 5.41) is 13.0. The molecule has 0 amide bonds. The lowest BCUT2D eigenvalue weighted by Crippen LogP contribution is -2.44. The number of nitriles is 1. The molecule has 0 heterocycles. The molecule has 1 saturated carbocycles. The van der Waals surface area contributed by atoms with E-state index < -0.39 is 22.9 Å². The van der Waals surface area contributed by atoms with Crippen LogP contribution in [0.15, 0.2) is 58.8 Å². The molecule has 1 fully saturated rings. The number of rotatable bonds is 2. The average Bonchev–Trinajstić information content (AvgIpc) is 2.68. The fourth-order valence-electron chi connectivity index (χ4n) is 5.53. The number of halogens is 4. The van der Waals surface area contributed by atoms with Crippen molar-refractivity contribution in [1.82, 2.24) is 0 Å². The largest absolute Gasteiger partial charge is 0.392 e. The first-order valence-corrected chi connectivity index (χ1v) is 10.2. The highest BCUT2D eigenvalue weighted by Crippen LogP contribution is 2.62. The van der Waals surface area contributed by atoms with Crippen molar-refractivity contribution >= 4 is 5.69 Å². The van der Waals surface area contributed by atoms with Gasteiger partial charge >= 0.3 is 6.18 Å². The summed E-state index contributed by atoms with van der Waals surface area (Å²) in [5.41, 5.74) is 3.17. The standard InChI is InChI=1S/C24H24F4N2/c1-22-10-9-16-11-20(30-19-6-4-18(25)5-7-19)15(14-29)12-23(16,2)21(22)8-3-17(13-22)24(26,27)28/h4-8,11,17,30H,3,9-10,12-13H2,1-2H3/t17-,22-,23+/m1/s1. The Hall–Kier alpha value is -2.55. The van der Waals surface area contributed by atoms with Crippen molar-refractivity contribution in [3.8, 4) is 6.07 Å². The van der Waals surface area contributed by atoms with Gasteiger partial charge in [0.2, 0.25) is 0 Å². The Morgan fingerprint density at radius 2 is 1.87 bits per heavy atom. The second-order valence-corrected chi connectivity index (χ2v) is 9.17. The van der Waals surface area contributed by atoms with Crippen LogP contribution in [0.5, 0.6) is 0 Å². The number of fused-ring (bicyclic) bond motifs is 3. The van der Waals surface area contributed by atoms with Gasteiger partial charge in [-0.05, 0) is 67.9 Å². The van der Waals surface area contributed by atoms with E-state index in [1.54, 1.807) is 18.2 Å². The van der Waals surface area contributed by atoms with Gasteiger partial charge in [-0.1, -0.05) is 31.1 Å². The molecule has 2 nitrogen and oxygen atoms in total. The molecule has 1 aromatic rings. The van der Waals surface area contributed by atoms with Gasteiger partial charge in [-0.25, -0.2) is 4.39 Å². The molecule has 0 radical (unpaired) electrons. The zero-order chi connectivity index (χ0) is 21.7. The molecule has 30 heavy (non-hydrogen) atoms. The fraction of sp³-hybridized carbons (Fsp3) is 0.458. The summed E-state index contributed by atoms with van der Waals surface area (Å²) in [6, 6.07) is 8.21. The Balaban J connectivity index is 1.68. The van der Waals surface area contributed by atoms with E-state index in [1.807, 2.05) is 13.0 Å². The summed E-state index contributed by atoms with van der Waals surface area (Å²) in [6.07, 6.45) is 1.52. The summed E-state index contributed by atoms with van der Waals surface area (Å²) in [7, 11) is 0. The second kappa shape index (κ2) is 7.01. The van der Waals surface area contributed by atoms with Crippen molar-refractivity contribution in [3.05, 3.63) is 64.7 Å². The van der Waals surface area contributed by atoms with Gasteiger partial charge in [-0.3, -0.25) is 0 Å². The Bertz CT molecular complexity index is 994. The number of hydrogen-bond acceptors (Lipinski definition) is 2. The quantitative estimate of drug-likeness (QED) is 0.414. The SMILES string of the molecule is C[C@]12CCC3=CC(Nc4ccc(F)cc4)=C(C#N)C[C@]3(C)C1=CC[C@@H](C(F)(F)F)C2. The van der Waals surface area contributed by atoms with E-state index in [9.17, 15) is 22.8 Å². The molecule has 0 bridgehead atoms. The summed E-state index contributed by atoms with van der Waals surface area (Å²) in [5.74, 6) is -1.64. The molecule has 6 heteroatoms. The molecular weight excluding hydrogens is 392 g/mol. The molecule has 1 aromatic carbocycles. The lowest BCUT2D eigenvalue weighted by molar-refractivity contribution is -0.183. The Morgan fingerprint density at radius 1 is 1.17 bits per heavy atom. The van der Waals surface area contributed by atoms with Crippen molar-refractivity contribution in [2.75, 3.05) is 5.32 Å². The van der Waals surface area contributed by atoms with Gasteiger partial charge in [-0.15, -0.1) is 0 Å². The van der Waals surface area contributed by atoms with Crippen LogP contribution in [0.4, 0.5) is 23.2 Å². The first kappa shape index (κ1) is 20.7. The van der Waals surface area contributed by atoms with E-state index in [2.05, 4.69) is 18.3 Å². The van der Waals surface area contributed by atoms with Crippen LogP contribution >= 0.6 is 0 Å². The fourth-order valence-corrected chi connectivity index (χ4v) is 5.53. The maximum atomic E-state index is 13.4. The Kier molecular flexibility index (Phi) is 4.84. The van der Waals surface area contributed by atoms with Gasteiger partial charge < -0.3 is 5.32 Å². The molecule has 158 valence electrons. The first-order chi connectivity index (χ1) is 14.0. The van der Waals surface area contributed by atoms with E-state index in [0.29, 0.717) is 36.2 Å². The lowest BCUT2D eigenvalue weighted by atomic mass is 9.51. The maximum Gasteiger partial charge on any atom is 0.392 e. The monoisotopic (exact) mass is 416 g/mol. The highest BCUT2D eigenvalue weighted by atomic mass is 19.4. The van der Waals surface area contributed by atoms with Gasteiger partial charge in [0.1, 0.15) is 5.82 Å². The van der Waals surface area contributed by atoms with Crippen molar-refractivity contribution in [1.29, 1.82) is 5.26 Å². The van der Waals surface area contributed by atoms with E-state index in [1.165, 1.54) is 12.1 Å². The summed E-state index contributed by atoms with van der Waals surface area (Å²) >= 11 is 0. The molecule has 0 aromatic heterocycles. The number of allylic oxidation sites excluding steroid dienone is 5. The minimum atomic E-state index is -4.18. The van der Waals surface area contributed by atoms with Crippen molar-refractivity contribution in [3.63, 3.8) is 0 Å². The van der Waals surface area contributed by atoms with Crippen LogP contribution in [0.1, 0.15) is 46.0 Å². The lowest BCUT2D eigenvalue weighted by Gasteiger charge is -2.53. The van der Waals surface area contributed by atoms with Crippen LogP contribution in [0.3, 0.4) is 0 Å². The first-order valence-electron chi connectivity index (χ1n) is 10.2. The minimum absolute atomic E-state index is 0.00355. The van der Waals surface area contributed by atoms with Crippen molar-refractivity contribution < 1.29 is 17.6 Å². The average molecular weight is 416 g/mol.